The highest BCUT2D eigenvalue weighted by atomic mass is 32.2. The molecule has 102 valence electrons. The molecule has 0 radical (unpaired) electrons. The minimum absolute atomic E-state index is 0.00714. The Morgan fingerprint density at radius 1 is 1.53 bits per heavy atom. The Hall–Kier alpha value is -0.960. The third-order valence-electron chi connectivity index (χ3n) is 2.77. The number of thioether (sulfide) groups is 1. The van der Waals surface area contributed by atoms with Gasteiger partial charge < -0.3 is 10.4 Å². The zero-order chi connectivity index (χ0) is 13.5. The van der Waals surface area contributed by atoms with Crippen LogP contribution in [-0.2, 0) is 0 Å². The van der Waals surface area contributed by atoms with Crippen LogP contribution in [0.1, 0.15) is 33.8 Å². The van der Waals surface area contributed by atoms with E-state index in [1.807, 2.05) is 23.9 Å². The molecule has 5 heteroatoms. The molecule has 1 atom stereocenters. The van der Waals surface area contributed by atoms with E-state index >= 15 is 0 Å². The Morgan fingerprint density at radius 3 is 3.16 bits per heavy atom. The van der Waals surface area contributed by atoms with Gasteiger partial charge in [-0.25, -0.2) is 0 Å². The molecule has 2 heterocycles. The van der Waals surface area contributed by atoms with E-state index in [4.69, 9.17) is 5.11 Å². The zero-order valence-electron chi connectivity index (χ0n) is 10.6. The van der Waals surface area contributed by atoms with Gasteiger partial charge in [0.15, 0.2) is 0 Å². The molecule has 0 spiro atoms. The van der Waals surface area contributed by atoms with E-state index in [9.17, 15) is 4.79 Å². The molecule has 2 N–H and O–H groups in total. The predicted molar refractivity (Wildman–Crippen MR) is 80.7 cm³/mol. The Bertz CT molecular complexity index is 481. The van der Waals surface area contributed by atoms with Crippen molar-refractivity contribution in [1.82, 2.24) is 5.32 Å². The second kappa shape index (κ2) is 7.59. The monoisotopic (exact) mass is 295 g/mol. The number of nitrogens with one attached hydrogen (secondary N) is 1. The van der Waals surface area contributed by atoms with Gasteiger partial charge in [0.05, 0.1) is 16.4 Å². The van der Waals surface area contributed by atoms with Crippen LogP contribution in [0.4, 0.5) is 0 Å². The maximum absolute atomic E-state index is 12.1. The van der Waals surface area contributed by atoms with Gasteiger partial charge in [0, 0.05) is 18.2 Å². The number of aliphatic hydroxyl groups is 1. The van der Waals surface area contributed by atoms with E-state index in [0.717, 1.165) is 17.1 Å². The average Bonchev–Trinajstić information content (AvgIpc) is 2.89. The minimum atomic E-state index is 0.00714. The van der Waals surface area contributed by atoms with Crippen LogP contribution in [0, 0.1) is 11.8 Å². The molecule has 0 aliphatic carbocycles. The minimum Gasteiger partial charge on any atom is -0.395 e. The van der Waals surface area contributed by atoms with Gasteiger partial charge in [-0.15, -0.1) is 11.3 Å². The van der Waals surface area contributed by atoms with E-state index in [0.29, 0.717) is 17.3 Å². The van der Waals surface area contributed by atoms with Crippen molar-refractivity contribution >= 4 is 29.0 Å². The summed E-state index contributed by atoms with van der Waals surface area (Å²) in [5.74, 6) is 8.03. The van der Waals surface area contributed by atoms with Gasteiger partial charge in [-0.1, -0.05) is 11.8 Å². The number of carbonyl (C=O) groups excluding carboxylic acids is 1. The van der Waals surface area contributed by atoms with Crippen molar-refractivity contribution in [1.29, 1.82) is 0 Å². The van der Waals surface area contributed by atoms with Crippen molar-refractivity contribution in [3.63, 3.8) is 0 Å². The van der Waals surface area contributed by atoms with Crippen molar-refractivity contribution in [3.05, 3.63) is 21.9 Å². The molecule has 1 saturated heterocycles. The lowest BCUT2D eigenvalue weighted by Gasteiger charge is -2.21. The number of hydrogen-bond acceptors (Lipinski definition) is 4. The first-order valence-electron chi connectivity index (χ1n) is 6.38. The molecule has 1 aliphatic rings. The second-order valence-electron chi connectivity index (χ2n) is 4.33. The first-order chi connectivity index (χ1) is 9.29. The molecule has 1 unspecified atom stereocenters. The fourth-order valence-electron chi connectivity index (χ4n) is 1.84. The molecule has 3 nitrogen and oxygen atoms in total. The maximum Gasteiger partial charge on any atom is 0.261 e. The van der Waals surface area contributed by atoms with Crippen LogP contribution in [0.25, 0.3) is 0 Å². The fraction of sp³-hybridized carbons (Fsp3) is 0.500. The van der Waals surface area contributed by atoms with Crippen molar-refractivity contribution in [3.8, 4) is 11.8 Å². The summed E-state index contributed by atoms with van der Waals surface area (Å²) >= 11 is 3.31. The number of amides is 1. The van der Waals surface area contributed by atoms with Gasteiger partial charge in [-0.3, -0.25) is 4.79 Å². The molecule has 0 saturated carbocycles. The Labute approximate surface area is 121 Å². The van der Waals surface area contributed by atoms with Gasteiger partial charge in [0.2, 0.25) is 0 Å². The van der Waals surface area contributed by atoms with Crippen molar-refractivity contribution < 1.29 is 9.90 Å². The third kappa shape index (κ3) is 4.57. The summed E-state index contributed by atoms with van der Waals surface area (Å²) in [5, 5.41) is 11.7. The van der Waals surface area contributed by atoms with Crippen molar-refractivity contribution in [2.45, 2.75) is 25.3 Å². The summed E-state index contributed by atoms with van der Waals surface area (Å²) < 4.78 is 0. The second-order valence-corrected chi connectivity index (χ2v) is 6.56. The van der Waals surface area contributed by atoms with Gasteiger partial charge in [-0.2, -0.15) is 11.8 Å². The zero-order valence-corrected chi connectivity index (χ0v) is 12.3. The largest absolute Gasteiger partial charge is 0.395 e. The molecule has 2 rings (SSSR count). The number of hydrogen-bond donors (Lipinski definition) is 2. The summed E-state index contributed by atoms with van der Waals surface area (Å²) in [6.45, 7) is 0.0745. The first-order valence-corrected chi connectivity index (χ1v) is 8.35. The van der Waals surface area contributed by atoms with Gasteiger partial charge in [0.1, 0.15) is 0 Å². The molecule has 1 aromatic rings. The first kappa shape index (κ1) is 14.4. The Kier molecular flexibility index (Phi) is 5.77. The molecular formula is C14H17NO2S2. The molecular weight excluding hydrogens is 278 g/mol. The van der Waals surface area contributed by atoms with Crippen molar-refractivity contribution in [2.75, 3.05) is 18.1 Å². The SMILES string of the molecule is O=C(NC1CCCSC1)c1ccc(C#CCCO)s1. The summed E-state index contributed by atoms with van der Waals surface area (Å²) in [6.07, 6.45) is 2.73. The molecule has 0 aromatic carbocycles. The van der Waals surface area contributed by atoms with Crippen LogP contribution >= 0.6 is 23.1 Å². The topological polar surface area (TPSA) is 49.3 Å². The highest BCUT2D eigenvalue weighted by Crippen LogP contribution is 2.19. The maximum atomic E-state index is 12.1. The summed E-state index contributed by atoms with van der Waals surface area (Å²) in [5.41, 5.74) is 0. The van der Waals surface area contributed by atoms with Crippen molar-refractivity contribution in [2.24, 2.45) is 0 Å². The summed E-state index contributed by atoms with van der Waals surface area (Å²) in [7, 11) is 0. The summed E-state index contributed by atoms with van der Waals surface area (Å²) in [4.78, 5) is 13.6. The van der Waals surface area contributed by atoms with Crippen LogP contribution in [0.15, 0.2) is 12.1 Å². The van der Waals surface area contributed by atoms with Crippen LogP contribution < -0.4 is 5.32 Å². The van der Waals surface area contributed by atoms with Crippen LogP contribution in [0.3, 0.4) is 0 Å². The standard InChI is InChI=1S/C14H17NO2S2/c16-8-2-1-5-12-6-7-13(19-12)14(17)15-11-4-3-9-18-10-11/h6-7,11,16H,2-4,8-10H2,(H,15,17). The molecule has 19 heavy (non-hydrogen) atoms. The third-order valence-corrected chi connectivity index (χ3v) is 4.99. The van der Waals surface area contributed by atoms with E-state index < -0.39 is 0 Å². The van der Waals surface area contributed by atoms with E-state index in [1.165, 1.54) is 23.5 Å². The molecule has 1 fully saturated rings. The number of carbonyl (C=O) groups is 1. The van der Waals surface area contributed by atoms with E-state index in [2.05, 4.69) is 17.2 Å². The Balaban J connectivity index is 1.90. The highest BCUT2D eigenvalue weighted by Gasteiger charge is 2.17. The molecule has 1 amide bonds. The lowest BCUT2D eigenvalue weighted by atomic mass is 10.2. The highest BCUT2D eigenvalue weighted by molar-refractivity contribution is 7.99. The smallest absolute Gasteiger partial charge is 0.261 e. The van der Waals surface area contributed by atoms with Crippen LogP contribution in [0.2, 0.25) is 0 Å². The van der Waals surface area contributed by atoms with E-state index in [-0.39, 0.29) is 12.5 Å². The van der Waals surface area contributed by atoms with Crippen LogP contribution in [0.5, 0.6) is 0 Å². The average molecular weight is 295 g/mol. The quantitative estimate of drug-likeness (QED) is 0.840. The number of thiophene rings is 1. The lowest BCUT2D eigenvalue weighted by molar-refractivity contribution is 0.0942. The van der Waals surface area contributed by atoms with Crippen LogP contribution in [-0.4, -0.2) is 35.2 Å². The normalized spacial score (nSPS) is 18.5. The Morgan fingerprint density at radius 2 is 2.42 bits per heavy atom. The number of aliphatic hydroxyl groups excluding tert-OH is 1. The van der Waals surface area contributed by atoms with Gasteiger partial charge in [0.25, 0.3) is 5.91 Å². The molecule has 0 bridgehead atoms. The molecule has 1 aromatic heterocycles. The van der Waals surface area contributed by atoms with Gasteiger partial charge >= 0.3 is 0 Å². The lowest BCUT2D eigenvalue weighted by Crippen LogP contribution is -2.37. The van der Waals surface area contributed by atoms with Gasteiger partial charge in [-0.05, 0) is 30.7 Å². The fourth-order valence-corrected chi connectivity index (χ4v) is 3.70. The van der Waals surface area contributed by atoms with E-state index in [1.54, 1.807) is 0 Å². The number of rotatable bonds is 3. The summed E-state index contributed by atoms with van der Waals surface area (Å²) in [6, 6.07) is 3.98. The molecule has 1 aliphatic heterocycles. The predicted octanol–water partition coefficient (Wildman–Crippen LogP) is 2.11.